The monoisotopic (exact) mass is 278 g/mol. The van der Waals surface area contributed by atoms with E-state index in [0.29, 0.717) is 33.3 Å². The third-order valence-corrected chi connectivity index (χ3v) is 2.70. The number of halogens is 2. The summed E-state index contributed by atoms with van der Waals surface area (Å²) in [4.78, 5) is 10.9. The lowest BCUT2D eigenvalue weighted by Crippen LogP contribution is -1.80. The fourth-order valence-electron chi connectivity index (χ4n) is 1.33. The number of rotatable bonds is 3. The van der Waals surface area contributed by atoms with Crippen molar-refractivity contribution in [3.05, 3.63) is 58.1 Å². The SMILES string of the molecule is O=Cc1cc(Cl)ccc1N=Nc1ccc(Cl)cc1. The van der Waals surface area contributed by atoms with E-state index in [1.807, 2.05) is 0 Å². The highest BCUT2D eigenvalue weighted by atomic mass is 35.5. The molecule has 2 rings (SSSR count). The Labute approximate surface area is 114 Å². The Hall–Kier alpha value is -1.71. The lowest BCUT2D eigenvalue weighted by atomic mass is 10.2. The van der Waals surface area contributed by atoms with Gasteiger partial charge in [-0.05, 0) is 42.5 Å². The summed E-state index contributed by atoms with van der Waals surface area (Å²) < 4.78 is 0. The first-order valence-electron chi connectivity index (χ1n) is 5.11. The molecule has 0 N–H and O–H groups in total. The molecule has 3 nitrogen and oxygen atoms in total. The molecule has 0 saturated heterocycles. The highest BCUT2D eigenvalue weighted by Gasteiger charge is 2.01. The molecule has 0 unspecified atom stereocenters. The molecule has 0 atom stereocenters. The summed E-state index contributed by atoms with van der Waals surface area (Å²) in [5.74, 6) is 0. The van der Waals surface area contributed by atoms with Crippen LogP contribution in [0.4, 0.5) is 11.4 Å². The zero-order chi connectivity index (χ0) is 13.0. The summed E-state index contributed by atoms with van der Waals surface area (Å²) in [6.45, 7) is 0. The first-order valence-corrected chi connectivity index (χ1v) is 5.86. The average molecular weight is 279 g/mol. The van der Waals surface area contributed by atoms with Gasteiger partial charge in [0.25, 0.3) is 0 Å². The Morgan fingerprint density at radius 1 is 0.889 bits per heavy atom. The summed E-state index contributed by atoms with van der Waals surface area (Å²) in [5.41, 5.74) is 1.54. The van der Waals surface area contributed by atoms with Crippen LogP contribution in [0.3, 0.4) is 0 Å². The number of azo groups is 1. The molecule has 0 aliphatic carbocycles. The normalized spacial score (nSPS) is 10.8. The van der Waals surface area contributed by atoms with Crippen LogP contribution in [0.25, 0.3) is 0 Å². The molecule has 0 amide bonds. The van der Waals surface area contributed by atoms with E-state index in [9.17, 15) is 4.79 Å². The average Bonchev–Trinajstić information content (AvgIpc) is 2.39. The molecule has 0 aliphatic heterocycles. The summed E-state index contributed by atoms with van der Waals surface area (Å²) in [5, 5.41) is 9.15. The third-order valence-electron chi connectivity index (χ3n) is 2.22. The second kappa shape index (κ2) is 5.76. The Morgan fingerprint density at radius 3 is 2.22 bits per heavy atom. The van der Waals surface area contributed by atoms with Gasteiger partial charge in [-0.3, -0.25) is 4.79 Å². The topological polar surface area (TPSA) is 41.8 Å². The second-order valence-corrected chi connectivity index (χ2v) is 4.37. The van der Waals surface area contributed by atoms with Crippen molar-refractivity contribution in [3.63, 3.8) is 0 Å². The molecule has 0 radical (unpaired) electrons. The number of hydrogen-bond acceptors (Lipinski definition) is 3. The Bertz CT molecular complexity index is 594. The van der Waals surface area contributed by atoms with Crippen LogP contribution >= 0.6 is 23.2 Å². The van der Waals surface area contributed by atoms with Crippen molar-refractivity contribution < 1.29 is 4.79 Å². The maximum atomic E-state index is 10.9. The van der Waals surface area contributed by atoms with E-state index in [2.05, 4.69) is 10.2 Å². The van der Waals surface area contributed by atoms with E-state index in [4.69, 9.17) is 23.2 Å². The van der Waals surface area contributed by atoms with Gasteiger partial charge in [0.15, 0.2) is 6.29 Å². The second-order valence-electron chi connectivity index (χ2n) is 3.50. The van der Waals surface area contributed by atoms with Gasteiger partial charge in [0.1, 0.15) is 0 Å². The van der Waals surface area contributed by atoms with Crippen LogP contribution in [0.5, 0.6) is 0 Å². The molecule has 0 saturated carbocycles. The highest BCUT2D eigenvalue weighted by Crippen LogP contribution is 2.24. The number of hydrogen-bond donors (Lipinski definition) is 0. The third kappa shape index (κ3) is 3.15. The molecular formula is C13H8Cl2N2O. The van der Waals surface area contributed by atoms with Crippen molar-refractivity contribution in [1.29, 1.82) is 0 Å². The minimum atomic E-state index is 0.403. The van der Waals surface area contributed by atoms with Crippen LogP contribution in [0.2, 0.25) is 10.0 Å². The number of carbonyl (C=O) groups is 1. The first kappa shape index (κ1) is 12.7. The smallest absolute Gasteiger partial charge is 0.152 e. The van der Waals surface area contributed by atoms with Gasteiger partial charge in [-0.25, -0.2) is 0 Å². The molecular weight excluding hydrogens is 271 g/mol. The van der Waals surface area contributed by atoms with Gasteiger partial charge >= 0.3 is 0 Å². The fourth-order valence-corrected chi connectivity index (χ4v) is 1.64. The van der Waals surface area contributed by atoms with E-state index in [1.165, 1.54) is 0 Å². The van der Waals surface area contributed by atoms with Crippen molar-refractivity contribution in [1.82, 2.24) is 0 Å². The maximum Gasteiger partial charge on any atom is 0.152 e. The van der Waals surface area contributed by atoms with Gasteiger partial charge in [0.2, 0.25) is 0 Å². The predicted octanol–water partition coefficient (Wildman–Crippen LogP) is 5.22. The number of carbonyl (C=O) groups excluding carboxylic acids is 1. The Balaban J connectivity index is 2.28. The van der Waals surface area contributed by atoms with E-state index in [0.717, 1.165) is 0 Å². The lowest BCUT2D eigenvalue weighted by molar-refractivity contribution is 0.112. The van der Waals surface area contributed by atoms with Crippen molar-refractivity contribution in [2.24, 2.45) is 10.2 Å². The van der Waals surface area contributed by atoms with Gasteiger partial charge in [-0.15, -0.1) is 5.11 Å². The van der Waals surface area contributed by atoms with Gasteiger partial charge in [0, 0.05) is 15.6 Å². The van der Waals surface area contributed by atoms with Crippen LogP contribution in [0.15, 0.2) is 52.7 Å². The van der Waals surface area contributed by atoms with Crippen molar-refractivity contribution in [2.75, 3.05) is 0 Å². The number of nitrogens with zero attached hydrogens (tertiary/aromatic N) is 2. The van der Waals surface area contributed by atoms with Crippen molar-refractivity contribution in [3.8, 4) is 0 Å². The van der Waals surface area contributed by atoms with E-state index in [1.54, 1.807) is 42.5 Å². The highest BCUT2D eigenvalue weighted by molar-refractivity contribution is 6.31. The van der Waals surface area contributed by atoms with Crippen LogP contribution in [0.1, 0.15) is 10.4 Å². The fraction of sp³-hybridized carbons (Fsp3) is 0. The molecule has 0 spiro atoms. The zero-order valence-corrected chi connectivity index (χ0v) is 10.7. The molecule has 0 fully saturated rings. The molecule has 5 heteroatoms. The molecule has 90 valence electrons. The van der Waals surface area contributed by atoms with E-state index in [-0.39, 0.29) is 0 Å². The predicted molar refractivity (Wildman–Crippen MR) is 72.5 cm³/mol. The number of aldehydes is 1. The van der Waals surface area contributed by atoms with Crippen LogP contribution in [0, 0.1) is 0 Å². The molecule has 2 aromatic carbocycles. The van der Waals surface area contributed by atoms with Gasteiger partial charge in [-0.1, -0.05) is 23.2 Å². The molecule has 18 heavy (non-hydrogen) atoms. The van der Waals surface area contributed by atoms with Crippen molar-refractivity contribution >= 4 is 40.9 Å². The van der Waals surface area contributed by atoms with E-state index < -0.39 is 0 Å². The minimum Gasteiger partial charge on any atom is -0.298 e. The molecule has 2 aromatic rings. The lowest BCUT2D eigenvalue weighted by Gasteiger charge is -1.98. The summed E-state index contributed by atoms with van der Waals surface area (Å²) in [6, 6.07) is 11.8. The van der Waals surface area contributed by atoms with Crippen LogP contribution in [-0.4, -0.2) is 6.29 Å². The largest absolute Gasteiger partial charge is 0.298 e. The minimum absolute atomic E-state index is 0.403. The van der Waals surface area contributed by atoms with Crippen molar-refractivity contribution in [2.45, 2.75) is 0 Å². The van der Waals surface area contributed by atoms with Gasteiger partial charge < -0.3 is 0 Å². The Kier molecular flexibility index (Phi) is 4.07. The van der Waals surface area contributed by atoms with Gasteiger partial charge in [-0.2, -0.15) is 5.11 Å². The standard InChI is InChI=1S/C13H8Cl2N2O/c14-10-1-4-12(5-2-10)16-17-13-6-3-11(15)7-9(13)8-18/h1-8H. The summed E-state index contributed by atoms with van der Waals surface area (Å²) in [6.07, 6.45) is 0.697. The molecule has 0 aliphatic rings. The molecule has 0 bridgehead atoms. The zero-order valence-electron chi connectivity index (χ0n) is 9.18. The quantitative estimate of drug-likeness (QED) is 0.560. The first-order chi connectivity index (χ1) is 8.69. The maximum absolute atomic E-state index is 10.9. The van der Waals surface area contributed by atoms with Crippen LogP contribution in [-0.2, 0) is 0 Å². The van der Waals surface area contributed by atoms with Crippen LogP contribution < -0.4 is 0 Å². The van der Waals surface area contributed by atoms with E-state index >= 15 is 0 Å². The summed E-state index contributed by atoms with van der Waals surface area (Å²) >= 11 is 11.5. The Morgan fingerprint density at radius 2 is 1.56 bits per heavy atom. The summed E-state index contributed by atoms with van der Waals surface area (Å²) in [7, 11) is 0. The number of benzene rings is 2. The molecule has 0 heterocycles. The van der Waals surface area contributed by atoms with Gasteiger partial charge in [0.05, 0.1) is 11.4 Å². The molecule has 0 aromatic heterocycles.